The van der Waals surface area contributed by atoms with Gasteiger partial charge >= 0.3 is 5.97 Å². The van der Waals surface area contributed by atoms with E-state index < -0.39 is 47.7 Å². The van der Waals surface area contributed by atoms with Crippen LogP contribution in [0.3, 0.4) is 0 Å². The quantitative estimate of drug-likeness (QED) is 0.107. The first-order valence-corrected chi connectivity index (χ1v) is 18.3. The van der Waals surface area contributed by atoms with E-state index >= 15 is 0 Å². The van der Waals surface area contributed by atoms with Gasteiger partial charge in [-0.05, 0) is 43.7 Å². The topological polar surface area (TPSA) is 117 Å². The lowest BCUT2D eigenvalue weighted by atomic mass is 9.70. The van der Waals surface area contributed by atoms with E-state index in [1.807, 2.05) is 67.6 Å². The Bertz CT molecular complexity index is 1540. The van der Waals surface area contributed by atoms with Crippen LogP contribution in [0.25, 0.3) is 0 Å². The van der Waals surface area contributed by atoms with Crippen LogP contribution >= 0.6 is 15.9 Å². The van der Waals surface area contributed by atoms with Gasteiger partial charge in [0, 0.05) is 44.5 Å². The number of aliphatic hydroxyl groups excluding tert-OH is 1. The van der Waals surface area contributed by atoms with Crippen LogP contribution in [0.4, 0.5) is 0 Å². The van der Waals surface area contributed by atoms with Gasteiger partial charge in [-0.2, -0.15) is 0 Å². The van der Waals surface area contributed by atoms with Crippen molar-refractivity contribution in [2.75, 3.05) is 26.7 Å². The van der Waals surface area contributed by atoms with Crippen LogP contribution in [0.5, 0.6) is 0 Å². The number of likely N-dealkylation sites (tertiary alicyclic amines) is 1. The average Bonchev–Trinajstić information content (AvgIpc) is 3.72. The number of carbonyl (C=O) groups excluding carboxylic acids is 4. The van der Waals surface area contributed by atoms with Crippen LogP contribution in [-0.2, 0) is 35.2 Å². The number of benzene rings is 2. The maximum atomic E-state index is 14.7. The largest absolute Gasteiger partial charge is 0.455 e. The molecule has 3 fully saturated rings. The molecule has 10 nitrogen and oxygen atoms in total. The molecule has 3 aliphatic heterocycles. The molecule has 268 valence electrons. The van der Waals surface area contributed by atoms with E-state index in [0.717, 1.165) is 5.56 Å². The molecule has 0 saturated carbocycles. The highest BCUT2D eigenvalue weighted by molar-refractivity contribution is 9.09. The first-order valence-electron chi connectivity index (χ1n) is 17.4. The van der Waals surface area contributed by atoms with Crippen molar-refractivity contribution in [2.24, 2.45) is 11.8 Å². The van der Waals surface area contributed by atoms with Gasteiger partial charge in [0.05, 0.1) is 24.0 Å². The highest BCUT2D eigenvalue weighted by Gasteiger charge is 2.77. The average molecular weight is 751 g/mol. The molecule has 3 aliphatic rings. The second-order valence-corrected chi connectivity index (χ2v) is 14.6. The molecule has 0 aromatic heterocycles. The summed E-state index contributed by atoms with van der Waals surface area (Å²) in [5, 5.41) is 9.55. The number of ether oxygens (including phenoxy) is 2. The number of halogens is 1. The minimum atomic E-state index is -1.27. The van der Waals surface area contributed by atoms with E-state index in [0.29, 0.717) is 37.8 Å². The van der Waals surface area contributed by atoms with Crippen molar-refractivity contribution in [3.8, 4) is 0 Å². The van der Waals surface area contributed by atoms with Gasteiger partial charge in [0.1, 0.15) is 17.7 Å². The third kappa shape index (κ3) is 7.31. The Hall–Kier alpha value is -3.80. The van der Waals surface area contributed by atoms with E-state index in [2.05, 4.69) is 29.1 Å². The number of fused-ring (bicyclic) bond motifs is 1. The Morgan fingerprint density at radius 2 is 1.78 bits per heavy atom. The van der Waals surface area contributed by atoms with Gasteiger partial charge in [-0.25, -0.2) is 0 Å². The molecule has 2 aromatic rings. The van der Waals surface area contributed by atoms with E-state index in [9.17, 15) is 24.3 Å². The monoisotopic (exact) mass is 749 g/mol. The second-order valence-electron chi connectivity index (χ2n) is 13.5. The number of hydrogen-bond donors (Lipinski definition) is 1. The van der Waals surface area contributed by atoms with Gasteiger partial charge in [0.15, 0.2) is 0 Å². The molecule has 3 heterocycles. The van der Waals surface area contributed by atoms with Crippen LogP contribution in [0.2, 0.25) is 0 Å². The molecule has 5 rings (SSSR count). The third-order valence-corrected chi connectivity index (χ3v) is 11.2. The zero-order valence-corrected chi connectivity index (χ0v) is 30.5. The molecule has 1 N–H and O–H groups in total. The number of unbranched alkanes of at least 4 members (excludes halogenated alkanes) is 1. The summed E-state index contributed by atoms with van der Waals surface area (Å²) in [6.45, 7) is 10.2. The first kappa shape index (κ1) is 37.5. The van der Waals surface area contributed by atoms with Gasteiger partial charge in [0.25, 0.3) is 0 Å². The summed E-state index contributed by atoms with van der Waals surface area (Å²) in [7, 11) is 1.69. The summed E-state index contributed by atoms with van der Waals surface area (Å²) in [6.07, 6.45) is 3.91. The summed E-state index contributed by atoms with van der Waals surface area (Å²) >= 11 is 3.75. The fourth-order valence-corrected chi connectivity index (χ4v) is 8.74. The van der Waals surface area contributed by atoms with Crippen LogP contribution in [0, 0.1) is 11.8 Å². The van der Waals surface area contributed by atoms with Crippen molar-refractivity contribution >= 4 is 39.6 Å². The first-order chi connectivity index (χ1) is 24.1. The van der Waals surface area contributed by atoms with Crippen LogP contribution < -0.4 is 0 Å². The molecule has 2 aromatic carbocycles. The van der Waals surface area contributed by atoms with Crippen molar-refractivity contribution < 1.29 is 33.8 Å². The van der Waals surface area contributed by atoms with E-state index in [-0.39, 0.29) is 48.7 Å². The van der Waals surface area contributed by atoms with Gasteiger partial charge in [0.2, 0.25) is 17.7 Å². The van der Waals surface area contributed by atoms with E-state index in [1.165, 1.54) is 0 Å². The maximum absolute atomic E-state index is 14.7. The molecule has 50 heavy (non-hydrogen) atoms. The van der Waals surface area contributed by atoms with Crippen molar-refractivity contribution in [3.05, 3.63) is 97.1 Å². The molecule has 11 heteroatoms. The SMILES string of the molecule is C=CCCC(=O)N(C)[C@@H](C)[C@@H](OC(=O)[C@@H]1[C@H]2O[C@@]3(CC2Br)[C@H](C(=O)N(CC=C)Cc2ccccc2)N(CCCCO)C(=O)[C@@H]13)c1ccccc1. The summed E-state index contributed by atoms with van der Waals surface area (Å²) in [4.78, 5) is 61.2. The number of hydrogen-bond acceptors (Lipinski definition) is 7. The van der Waals surface area contributed by atoms with Crippen molar-refractivity contribution in [2.45, 2.75) is 80.3 Å². The van der Waals surface area contributed by atoms with Crippen LogP contribution in [0.1, 0.15) is 56.3 Å². The number of esters is 1. The molecule has 2 bridgehead atoms. The van der Waals surface area contributed by atoms with Crippen LogP contribution in [-0.4, -0.2) is 98.9 Å². The standard InChI is InChI=1S/C39H48BrN3O7/c1-5-7-20-30(45)41(4)26(3)33(28-18-12-9-13-19-28)49-38(48)31-32-36(46)43(22-14-15-23-44)35(39(32)24-29(40)34(31)50-39)37(47)42(21-6-2)25-27-16-10-8-11-17-27/h5-6,8-13,16-19,26,29,31-35,44H,1-2,7,14-15,20-25H2,3-4H3/t26-,29?,31-,32+,33+,34-,35-,39+/m0/s1. The fraction of sp³-hybridized carbons (Fsp3) is 0.487. The second kappa shape index (κ2) is 16.5. The maximum Gasteiger partial charge on any atom is 0.313 e. The molecule has 0 aliphatic carbocycles. The molecular formula is C39H48BrN3O7. The van der Waals surface area contributed by atoms with Gasteiger partial charge in [-0.3, -0.25) is 19.2 Å². The summed E-state index contributed by atoms with van der Waals surface area (Å²) in [5.41, 5.74) is 0.374. The molecular weight excluding hydrogens is 702 g/mol. The minimum absolute atomic E-state index is 0.0492. The zero-order chi connectivity index (χ0) is 36.0. The van der Waals surface area contributed by atoms with E-state index in [4.69, 9.17) is 9.47 Å². The predicted molar refractivity (Wildman–Crippen MR) is 193 cm³/mol. The molecule has 3 saturated heterocycles. The highest BCUT2D eigenvalue weighted by Crippen LogP contribution is 2.60. The summed E-state index contributed by atoms with van der Waals surface area (Å²) in [5.74, 6) is -3.26. The normalized spacial score (nSPS) is 26.2. The molecule has 1 spiro atoms. The number of allylic oxidation sites excluding steroid dienone is 1. The summed E-state index contributed by atoms with van der Waals surface area (Å²) in [6, 6.07) is 17.4. The lowest BCUT2D eigenvalue weighted by Gasteiger charge is -2.37. The minimum Gasteiger partial charge on any atom is -0.455 e. The molecule has 0 radical (unpaired) electrons. The lowest BCUT2D eigenvalue weighted by molar-refractivity contribution is -0.164. The Morgan fingerprint density at radius 3 is 2.42 bits per heavy atom. The van der Waals surface area contributed by atoms with E-state index in [1.54, 1.807) is 33.9 Å². The van der Waals surface area contributed by atoms with Gasteiger partial charge < -0.3 is 29.3 Å². The summed E-state index contributed by atoms with van der Waals surface area (Å²) < 4.78 is 13.1. The van der Waals surface area contributed by atoms with Crippen molar-refractivity contribution in [1.29, 1.82) is 0 Å². The molecule has 8 atom stereocenters. The van der Waals surface area contributed by atoms with Gasteiger partial charge in [-0.1, -0.05) is 88.7 Å². The van der Waals surface area contributed by atoms with Crippen LogP contribution in [0.15, 0.2) is 86.0 Å². The molecule has 3 amide bonds. The Morgan fingerprint density at radius 1 is 1.10 bits per heavy atom. The van der Waals surface area contributed by atoms with Crippen molar-refractivity contribution in [1.82, 2.24) is 14.7 Å². The number of alkyl halides is 1. The number of aliphatic hydroxyl groups is 1. The highest BCUT2D eigenvalue weighted by atomic mass is 79.9. The smallest absolute Gasteiger partial charge is 0.313 e. The zero-order valence-electron chi connectivity index (χ0n) is 28.9. The lowest BCUT2D eigenvalue weighted by Crippen LogP contribution is -2.56. The van der Waals surface area contributed by atoms with Gasteiger partial charge in [-0.15, -0.1) is 13.2 Å². The Labute approximate surface area is 303 Å². The third-order valence-electron chi connectivity index (χ3n) is 10.4. The number of nitrogens with zero attached hydrogens (tertiary/aromatic N) is 3. The fourth-order valence-electron chi connectivity index (χ4n) is 7.80. The Kier molecular flexibility index (Phi) is 12.3. The number of rotatable bonds is 17. The Balaban J connectivity index is 1.48. The number of carbonyl (C=O) groups is 4. The number of amides is 3. The number of likely N-dealkylation sites (N-methyl/N-ethyl adjacent to an activating group) is 1. The molecule has 1 unspecified atom stereocenters. The predicted octanol–water partition coefficient (Wildman–Crippen LogP) is 4.82. The van der Waals surface area contributed by atoms with Crippen molar-refractivity contribution in [3.63, 3.8) is 0 Å².